The molecule has 0 aliphatic carbocycles. The average Bonchev–Trinajstić information content (AvgIpc) is 2.40. The van der Waals surface area contributed by atoms with Gasteiger partial charge in [0.15, 0.2) is 0 Å². The van der Waals surface area contributed by atoms with Crippen LogP contribution in [0.2, 0.25) is 0 Å². The van der Waals surface area contributed by atoms with Crippen molar-refractivity contribution in [1.29, 1.82) is 0 Å². The summed E-state index contributed by atoms with van der Waals surface area (Å²) in [5.74, 6) is 0.153. The second-order valence-corrected chi connectivity index (χ2v) is 4.76. The van der Waals surface area contributed by atoms with Gasteiger partial charge < -0.3 is 16.2 Å². The van der Waals surface area contributed by atoms with E-state index in [1.807, 2.05) is 0 Å². The molecule has 0 bridgehead atoms. The number of nitrogens with two attached hydrogens (primary N) is 1. The minimum absolute atomic E-state index is 0.112. The fourth-order valence-electron chi connectivity index (χ4n) is 1.93. The minimum atomic E-state index is -1.01. The highest BCUT2D eigenvalue weighted by atomic mass is 16.4. The summed E-state index contributed by atoms with van der Waals surface area (Å²) < 4.78 is 0. The van der Waals surface area contributed by atoms with Crippen LogP contribution in [0, 0.1) is 5.92 Å². The Morgan fingerprint density at radius 3 is 2.79 bits per heavy atom. The molecule has 19 heavy (non-hydrogen) atoms. The third-order valence-corrected chi connectivity index (χ3v) is 3.27. The summed E-state index contributed by atoms with van der Waals surface area (Å²) in [5, 5.41) is 12.0. The number of carboxylic acids is 1. The molecule has 106 valence electrons. The van der Waals surface area contributed by atoms with Crippen LogP contribution in [0.5, 0.6) is 0 Å². The molecular weight excluding hydrogens is 242 g/mol. The molecule has 5 heteroatoms. The summed E-state index contributed by atoms with van der Waals surface area (Å²) in [5.41, 5.74) is 6.29. The van der Waals surface area contributed by atoms with E-state index in [1.54, 1.807) is 0 Å². The quantitative estimate of drug-likeness (QED) is 0.672. The van der Waals surface area contributed by atoms with Gasteiger partial charge in [0.1, 0.15) is 5.82 Å². The summed E-state index contributed by atoms with van der Waals surface area (Å²) in [6.07, 6.45) is 6.05. The lowest BCUT2D eigenvalue weighted by Gasteiger charge is -2.16. The Balaban J connectivity index is 2.59. The molecule has 0 aromatic carbocycles. The van der Waals surface area contributed by atoms with Crippen LogP contribution in [0.3, 0.4) is 0 Å². The lowest BCUT2D eigenvalue weighted by Crippen LogP contribution is -2.15. The number of nitrogens with zero attached hydrogens (tertiary/aromatic N) is 1. The van der Waals surface area contributed by atoms with E-state index in [9.17, 15) is 4.79 Å². The summed E-state index contributed by atoms with van der Waals surface area (Å²) in [6, 6.07) is 1.44. The number of rotatable bonds is 8. The first-order valence-electron chi connectivity index (χ1n) is 6.81. The zero-order valence-electron chi connectivity index (χ0n) is 11.6. The SMILES string of the molecule is CCCCC(CC)CNc1ncc(C(=O)O)cc1N. The first-order chi connectivity index (χ1) is 9.08. The van der Waals surface area contributed by atoms with Crippen molar-refractivity contribution in [3.05, 3.63) is 17.8 Å². The van der Waals surface area contributed by atoms with Gasteiger partial charge in [-0.3, -0.25) is 0 Å². The van der Waals surface area contributed by atoms with Crippen molar-refractivity contribution in [2.45, 2.75) is 39.5 Å². The number of nitrogen functional groups attached to an aromatic ring is 1. The number of aromatic nitrogens is 1. The van der Waals surface area contributed by atoms with Crippen molar-refractivity contribution in [3.63, 3.8) is 0 Å². The molecule has 1 unspecified atom stereocenters. The Morgan fingerprint density at radius 1 is 1.53 bits per heavy atom. The summed E-state index contributed by atoms with van der Waals surface area (Å²) >= 11 is 0. The van der Waals surface area contributed by atoms with Gasteiger partial charge in [-0.1, -0.05) is 33.1 Å². The van der Waals surface area contributed by atoms with E-state index in [4.69, 9.17) is 10.8 Å². The van der Waals surface area contributed by atoms with Gasteiger partial charge in [0, 0.05) is 12.7 Å². The predicted octanol–water partition coefficient (Wildman–Crippen LogP) is 2.99. The third kappa shape index (κ3) is 4.77. The van der Waals surface area contributed by atoms with Gasteiger partial charge in [0.25, 0.3) is 0 Å². The van der Waals surface area contributed by atoms with Gasteiger partial charge in [0.2, 0.25) is 0 Å². The Hall–Kier alpha value is -1.78. The standard InChI is InChI=1S/C14H23N3O2/c1-3-5-6-10(4-2)8-16-13-12(15)7-11(9-17-13)14(18)19/h7,9-10H,3-6,8,15H2,1-2H3,(H,16,17)(H,18,19). The number of aromatic carboxylic acids is 1. The number of hydrogen-bond donors (Lipinski definition) is 3. The largest absolute Gasteiger partial charge is 0.478 e. The molecule has 0 saturated heterocycles. The minimum Gasteiger partial charge on any atom is -0.478 e. The molecule has 0 aliphatic rings. The Morgan fingerprint density at radius 2 is 2.26 bits per heavy atom. The maximum absolute atomic E-state index is 10.8. The highest BCUT2D eigenvalue weighted by molar-refractivity contribution is 5.89. The average molecular weight is 265 g/mol. The lowest BCUT2D eigenvalue weighted by atomic mass is 9.99. The van der Waals surface area contributed by atoms with Crippen LogP contribution in [-0.2, 0) is 0 Å². The van der Waals surface area contributed by atoms with Gasteiger partial charge in [-0.05, 0) is 18.4 Å². The van der Waals surface area contributed by atoms with Gasteiger partial charge in [-0.15, -0.1) is 0 Å². The highest BCUT2D eigenvalue weighted by Crippen LogP contribution is 2.19. The van der Waals surface area contributed by atoms with Gasteiger partial charge in [0.05, 0.1) is 11.3 Å². The molecular formula is C14H23N3O2. The van der Waals surface area contributed by atoms with E-state index in [0.29, 0.717) is 17.4 Å². The molecule has 0 spiro atoms. The normalized spacial score (nSPS) is 12.1. The van der Waals surface area contributed by atoms with Crippen LogP contribution in [0.1, 0.15) is 49.9 Å². The van der Waals surface area contributed by atoms with Crippen molar-refractivity contribution in [1.82, 2.24) is 4.98 Å². The number of carbonyl (C=O) groups is 1. The molecule has 0 fully saturated rings. The van der Waals surface area contributed by atoms with Gasteiger partial charge in [-0.2, -0.15) is 0 Å². The van der Waals surface area contributed by atoms with E-state index in [2.05, 4.69) is 24.1 Å². The molecule has 1 aromatic heterocycles. The molecule has 1 aromatic rings. The first-order valence-corrected chi connectivity index (χ1v) is 6.81. The Labute approximate surface area is 114 Å². The molecule has 1 atom stereocenters. The van der Waals surface area contributed by atoms with Crippen LogP contribution in [-0.4, -0.2) is 22.6 Å². The summed E-state index contributed by atoms with van der Waals surface area (Å²) in [7, 11) is 0. The molecule has 0 saturated carbocycles. The smallest absolute Gasteiger partial charge is 0.337 e. The predicted molar refractivity (Wildman–Crippen MR) is 77.4 cm³/mol. The van der Waals surface area contributed by atoms with E-state index in [-0.39, 0.29) is 5.56 Å². The number of hydrogen-bond acceptors (Lipinski definition) is 4. The zero-order chi connectivity index (χ0) is 14.3. The summed E-state index contributed by atoms with van der Waals surface area (Å²) in [4.78, 5) is 14.8. The van der Waals surface area contributed by atoms with Crippen molar-refractivity contribution in [2.24, 2.45) is 5.92 Å². The number of nitrogens with one attached hydrogen (secondary N) is 1. The van der Waals surface area contributed by atoms with Crippen LogP contribution in [0.25, 0.3) is 0 Å². The topological polar surface area (TPSA) is 88.2 Å². The third-order valence-electron chi connectivity index (χ3n) is 3.27. The molecule has 1 rings (SSSR count). The number of pyridine rings is 1. The van der Waals surface area contributed by atoms with E-state index in [1.165, 1.54) is 31.5 Å². The fraction of sp³-hybridized carbons (Fsp3) is 0.571. The Bertz CT molecular complexity index is 421. The molecule has 0 radical (unpaired) electrons. The zero-order valence-corrected chi connectivity index (χ0v) is 11.6. The van der Waals surface area contributed by atoms with Crippen molar-refractivity contribution >= 4 is 17.5 Å². The van der Waals surface area contributed by atoms with E-state index in [0.717, 1.165) is 13.0 Å². The van der Waals surface area contributed by atoms with E-state index < -0.39 is 5.97 Å². The monoisotopic (exact) mass is 265 g/mol. The first kappa shape index (κ1) is 15.3. The van der Waals surface area contributed by atoms with Crippen LogP contribution < -0.4 is 11.1 Å². The van der Waals surface area contributed by atoms with Crippen LogP contribution in [0.4, 0.5) is 11.5 Å². The van der Waals surface area contributed by atoms with Crippen LogP contribution >= 0.6 is 0 Å². The van der Waals surface area contributed by atoms with Crippen molar-refractivity contribution in [2.75, 3.05) is 17.6 Å². The molecule has 5 nitrogen and oxygen atoms in total. The molecule has 0 amide bonds. The molecule has 4 N–H and O–H groups in total. The highest BCUT2D eigenvalue weighted by Gasteiger charge is 2.10. The number of unbranched alkanes of at least 4 members (excludes halogenated alkanes) is 1. The summed E-state index contributed by atoms with van der Waals surface area (Å²) in [6.45, 7) is 5.18. The maximum atomic E-state index is 10.8. The van der Waals surface area contributed by atoms with Gasteiger partial charge in [-0.25, -0.2) is 9.78 Å². The molecule has 1 heterocycles. The van der Waals surface area contributed by atoms with Crippen molar-refractivity contribution < 1.29 is 9.90 Å². The van der Waals surface area contributed by atoms with Gasteiger partial charge >= 0.3 is 5.97 Å². The lowest BCUT2D eigenvalue weighted by molar-refractivity contribution is 0.0696. The molecule has 0 aliphatic heterocycles. The Kier molecular flexibility index (Phi) is 6.12. The second-order valence-electron chi connectivity index (χ2n) is 4.76. The number of anilines is 2. The fourth-order valence-corrected chi connectivity index (χ4v) is 1.93. The maximum Gasteiger partial charge on any atom is 0.337 e. The number of carboxylic acid groups (broad SMARTS) is 1. The van der Waals surface area contributed by atoms with E-state index >= 15 is 0 Å². The second kappa shape index (κ2) is 7.61. The van der Waals surface area contributed by atoms with Crippen LogP contribution in [0.15, 0.2) is 12.3 Å². The van der Waals surface area contributed by atoms with Crippen molar-refractivity contribution in [3.8, 4) is 0 Å².